The van der Waals surface area contributed by atoms with Gasteiger partial charge in [-0.25, -0.2) is 4.98 Å². The summed E-state index contributed by atoms with van der Waals surface area (Å²) in [6, 6.07) is 21.1. The van der Waals surface area contributed by atoms with E-state index in [1.54, 1.807) is 0 Å². The number of piperazine rings is 1. The van der Waals surface area contributed by atoms with E-state index >= 15 is 0 Å². The number of aromatic nitrogens is 4. The molecule has 2 aromatic heterocycles. The van der Waals surface area contributed by atoms with Crippen molar-refractivity contribution >= 4 is 11.0 Å². The summed E-state index contributed by atoms with van der Waals surface area (Å²) in [5, 5.41) is 7.15. The second-order valence-electron chi connectivity index (χ2n) is 8.32. The number of rotatable bonds is 8. The molecule has 3 heterocycles. The number of fused-ring (bicyclic) bond motifs is 1. The zero-order chi connectivity index (χ0) is 20.9. The van der Waals surface area contributed by atoms with Crippen molar-refractivity contribution in [2.45, 2.75) is 25.8 Å². The molecule has 1 aliphatic rings. The lowest BCUT2D eigenvalue weighted by Gasteiger charge is -2.35. The number of hydrogen-bond acceptors (Lipinski definition) is 4. The van der Waals surface area contributed by atoms with Gasteiger partial charge in [0.05, 0.1) is 23.1 Å². The van der Waals surface area contributed by atoms with Crippen LogP contribution in [0.4, 0.5) is 0 Å². The Morgan fingerprint density at radius 2 is 1.55 bits per heavy atom. The quantitative estimate of drug-likeness (QED) is 0.414. The molecule has 0 saturated carbocycles. The zero-order valence-corrected chi connectivity index (χ0v) is 18.0. The average molecular weight is 415 g/mol. The van der Waals surface area contributed by atoms with Crippen LogP contribution >= 0.6 is 0 Å². The lowest BCUT2D eigenvalue weighted by atomic mass is 10.1. The molecule has 160 valence electrons. The van der Waals surface area contributed by atoms with E-state index in [-0.39, 0.29) is 0 Å². The smallest absolute Gasteiger partial charge is 0.0958 e. The van der Waals surface area contributed by atoms with Gasteiger partial charge in [-0.1, -0.05) is 42.5 Å². The van der Waals surface area contributed by atoms with E-state index in [1.807, 2.05) is 17.2 Å². The third-order valence-electron chi connectivity index (χ3n) is 6.15. The monoisotopic (exact) mass is 414 g/mol. The van der Waals surface area contributed by atoms with Crippen LogP contribution in [0.25, 0.3) is 11.0 Å². The van der Waals surface area contributed by atoms with Gasteiger partial charge in [-0.05, 0) is 43.1 Å². The van der Waals surface area contributed by atoms with Gasteiger partial charge < -0.3 is 4.57 Å². The summed E-state index contributed by atoms with van der Waals surface area (Å²) in [6.07, 6.45) is 7.36. The minimum absolute atomic E-state index is 0.889. The van der Waals surface area contributed by atoms with E-state index in [0.29, 0.717) is 0 Å². The molecule has 0 N–H and O–H groups in total. The molecular weight excluding hydrogens is 384 g/mol. The van der Waals surface area contributed by atoms with Crippen molar-refractivity contribution in [1.82, 2.24) is 24.3 Å². The van der Waals surface area contributed by atoms with Crippen molar-refractivity contribution in [1.29, 1.82) is 0 Å². The van der Waals surface area contributed by atoms with Gasteiger partial charge in [0.15, 0.2) is 0 Å². The molecule has 0 amide bonds. The van der Waals surface area contributed by atoms with Gasteiger partial charge in [-0.2, -0.15) is 9.89 Å². The highest BCUT2D eigenvalue weighted by Crippen LogP contribution is 2.13. The third kappa shape index (κ3) is 4.80. The normalized spacial score (nSPS) is 15.0. The van der Waals surface area contributed by atoms with Gasteiger partial charge in [-0.15, -0.1) is 0 Å². The molecule has 5 rings (SSSR count). The second kappa shape index (κ2) is 9.35. The fraction of sp³-hybridized carbons (Fsp3) is 0.360. The summed E-state index contributed by atoms with van der Waals surface area (Å²) in [6.45, 7) is 6.46. The molecule has 0 unspecified atom stereocenters. The molecule has 0 radical (unpaired) electrons. The maximum absolute atomic E-state index is 4.80. The van der Waals surface area contributed by atoms with Gasteiger partial charge in [0.25, 0.3) is 0 Å². The average Bonchev–Trinajstić information content (AvgIpc) is 3.45. The van der Waals surface area contributed by atoms with E-state index in [1.165, 1.54) is 30.5 Å². The molecule has 0 bridgehead atoms. The van der Waals surface area contributed by atoms with Crippen LogP contribution < -0.4 is 5.01 Å². The summed E-state index contributed by atoms with van der Waals surface area (Å²) in [4.78, 5) is 9.11. The maximum Gasteiger partial charge on any atom is 0.0958 e. The number of para-hydroxylation sites is 2. The number of aryl methyl sites for hydroxylation is 1. The van der Waals surface area contributed by atoms with E-state index in [2.05, 4.69) is 80.3 Å². The number of nitrogens with zero attached hydrogens (tertiary/aromatic N) is 6. The van der Waals surface area contributed by atoms with E-state index in [0.717, 1.165) is 50.4 Å². The third-order valence-corrected chi connectivity index (χ3v) is 6.15. The SMILES string of the molecule is c1ccc(Cc2ccn(N3CCN(CCCCn4cnc5ccccc54)CC3)n2)cc1. The van der Waals surface area contributed by atoms with Crippen LogP contribution in [0.15, 0.2) is 73.2 Å². The summed E-state index contributed by atoms with van der Waals surface area (Å²) < 4.78 is 2.28. The molecule has 31 heavy (non-hydrogen) atoms. The van der Waals surface area contributed by atoms with Crippen LogP contribution in [0.2, 0.25) is 0 Å². The summed E-state index contributed by atoms with van der Waals surface area (Å²) in [7, 11) is 0. The molecule has 6 nitrogen and oxygen atoms in total. The van der Waals surface area contributed by atoms with Gasteiger partial charge in [0.1, 0.15) is 0 Å². The highest BCUT2D eigenvalue weighted by atomic mass is 15.7. The molecule has 6 heteroatoms. The maximum atomic E-state index is 4.80. The Morgan fingerprint density at radius 3 is 2.42 bits per heavy atom. The Kier molecular flexibility index (Phi) is 5.98. The van der Waals surface area contributed by atoms with Crippen LogP contribution in [0.1, 0.15) is 24.1 Å². The first kappa shape index (κ1) is 19.8. The van der Waals surface area contributed by atoms with Gasteiger partial charge in [0.2, 0.25) is 0 Å². The molecule has 0 atom stereocenters. The van der Waals surface area contributed by atoms with Crippen LogP contribution in [0.5, 0.6) is 0 Å². The van der Waals surface area contributed by atoms with Crippen molar-refractivity contribution in [3.8, 4) is 0 Å². The Labute approximate surface area is 183 Å². The van der Waals surface area contributed by atoms with Crippen molar-refractivity contribution in [2.75, 3.05) is 37.7 Å². The molecule has 4 aromatic rings. The molecule has 0 aliphatic carbocycles. The van der Waals surface area contributed by atoms with Crippen molar-refractivity contribution in [3.05, 3.63) is 84.4 Å². The van der Waals surface area contributed by atoms with E-state index < -0.39 is 0 Å². The molecular formula is C25H30N6. The van der Waals surface area contributed by atoms with Crippen LogP contribution in [-0.4, -0.2) is 57.1 Å². The van der Waals surface area contributed by atoms with E-state index in [4.69, 9.17) is 5.10 Å². The molecule has 1 saturated heterocycles. The lowest BCUT2D eigenvalue weighted by molar-refractivity contribution is 0.230. The fourth-order valence-electron chi connectivity index (χ4n) is 4.38. The fourth-order valence-corrected chi connectivity index (χ4v) is 4.38. The van der Waals surface area contributed by atoms with E-state index in [9.17, 15) is 0 Å². The van der Waals surface area contributed by atoms with Gasteiger partial charge >= 0.3 is 0 Å². The molecule has 0 spiro atoms. The largest absolute Gasteiger partial charge is 0.331 e. The van der Waals surface area contributed by atoms with Crippen molar-refractivity contribution < 1.29 is 0 Å². The topological polar surface area (TPSA) is 42.1 Å². The predicted octanol–water partition coefficient (Wildman–Crippen LogP) is 3.56. The van der Waals surface area contributed by atoms with Gasteiger partial charge in [-0.3, -0.25) is 9.91 Å². The number of hydrogen-bond donors (Lipinski definition) is 0. The number of unbranched alkanes of at least 4 members (excludes halogenated alkanes) is 1. The summed E-state index contributed by atoms with van der Waals surface area (Å²) in [5.74, 6) is 0. The zero-order valence-electron chi connectivity index (χ0n) is 18.0. The second-order valence-corrected chi connectivity index (χ2v) is 8.32. The first-order chi connectivity index (χ1) is 15.3. The minimum atomic E-state index is 0.889. The highest BCUT2D eigenvalue weighted by Gasteiger charge is 2.17. The Hall–Kier alpha value is -3.12. The first-order valence-electron chi connectivity index (χ1n) is 11.3. The lowest BCUT2D eigenvalue weighted by Crippen LogP contribution is -2.51. The molecule has 1 fully saturated rings. The van der Waals surface area contributed by atoms with Crippen LogP contribution in [0.3, 0.4) is 0 Å². The first-order valence-corrected chi connectivity index (χ1v) is 11.3. The summed E-state index contributed by atoms with van der Waals surface area (Å²) >= 11 is 0. The Bertz CT molecular complexity index is 1090. The minimum Gasteiger partial charge on any atom is -0.331 e. The number of benzene rings is 2. The summed E-state index contributed by atoms with van der Waals surface area (Å²) in [5.41, 5.74) is 4.76. The van der Waals surface area contributed by atoms with Crippen molar-refractivity contribution in [3.63, 3.8) is 0 Å². The Morgan fingerprint density at radius 1 is 0.774 bits per heavy atom. The number of imidazole rings is 1. The van der Waals surface area contributed by atoms with Crippen LogP contribution in [0, 0.1) is 0 Å². The van der Waals surface area contributed by atoms with Gasteiger partial charge in [0, 0.05) is 45.3 Å². The molecule has 1 aliphatic heterocycles. The Balaban J connectivity index is 1.05. The van der Waals surface area contributed by atoms with Crippen molar-refractivity contribution in [2.24, 2.45) is 0 Å². The molecule has 2 aromatic carbocycles. The highest BCUT2D eigenvalue weighted by molar-refractivity contribution is 5.74. The standard InChI is InChI=1S/C25H30N6/c1-2-8-22(9-3-1)20-23-12-15-31(27-23)30-18-16-28(17-19-30)13-6-7-14-29-21-26-24-10-4-5-11-25(24)29/h1-5,8-12,15,21H,6-7,13-14,16-20H2. The van der Waals surface area contributed by atoms with Crippen LogP contribution in [-0.2, 0) is 13.0 Å². The predicted molar refractivity (Wildman–Crippen MR) is 125 cm³/mol.